The quantitative estimate of drug-likeness (QED) is 0.439. The van der Waals surface area contributed by atoms with Crippen LogP contribution >= 0.6 is 12.8 Å². The van der Waals surface area contributed by atoms with Crippen molar-refractivity contribution in [3.63, 3.8) is 0 Å². The van der Waals surface area contributed by atoms with Crippen LogP contribution in [0, 0.1) is 0 Å². The summed E-state index contributed by atoms with van der Waals surface area (Å²) in [5, 5.41) is 0. The minimum atomic E-state index is 0.684. The Hall–Kier alpha value is 0.270. The van der Waals surface area contributed by atoms with Crippen LogP contribution in [0.5, 0.6) is 0 Å². The van der Waals surface area contributed by atoms with Crippen molar-refractivity contribution in [2.24, 2.45) is 0 Å². The van der Waals surface area contributed by atoms with Crippen molar-refractivity contribution >= 4 is 12.8 Å². The van der Waals surface area contributed by atoms with E-state index in [2.05, 4.69) is 12.8 Å². The van der Waals surface area contributed by atoms with Crippen molar-refractivity contribution in [3.8, 4) is 0 Å². The second-order valence-corrected chi connectivity index (χ2v) is 1.83. The predicted octanol–water partition coefficient (Wildman–Crippen LogP) is 0.121. The predicted molar refractivity (Wildman–Crippen MR) is 26.5 cm³/mol. The van der Waals surface area contributed by atoms with Crippen molar-refractivity contribution in [3.05, 3.63) is 0 Å². The molecule has 0 aliphatic carbocycles. The maximum atomic E-state index is 4.91. The molecule has 6 heavy (non-hydrogen) atoms. The molecule has 1 heterocycles. The number of nitrogens with zero attached hydrogens (tertiary/aromatic N) is 1. The Labute approximate surface area is 42.6 Å². The van der Waals surface area contributed by atoms with Gasteiger partial charge in [0.2, 0.25) is 0 Å². The highest BCUT2D eigenvalue weighted by Gasteiger charge is 2.04. The molecule has 1 rings (SSSR count). The van der Waals surface area contributed by atoms with Gasteiger partial charge in [-0.2, -0.15) is 0 Å². The molecule has 0 aromatic carbocycles. The normalized spacial score (nSPS) is 25.5. The number of hydrogen-bond donors (Lipinski definition) is 1. The van der Waals surface area contributed by atoms with Gasteiger partial charge in [-0.3, -0.25) is 0 Å². The topological polar surface area (TPSA) is 12.5 Å². The van der Waals surface area contributed by atoms with Gasteiger partial charge in [0.25, 0.3) is 0 Å². The highest BCUT2D eigenvalue weighted by atomic mass is 32.1. The molecule has 0 aromatic heterocycles. The zero-order valence-electron chi connectivity index (χ0n) is 3.42. The standard InChI is InChI=1S/C3H7NOS/c6-4-1-2-5-3-4/h6H,1-3H2. The summed E-state index contributed by atoms with van der Waals surface area (Å²) in [5.74, 6) is 0. The van der Waals surface area contributed by atoms with Crippen molar-refractivity contribution in [1.29, 1.82) is 0 Å². The molecule has 1 aliphatic heterocycles. The SMILES string of the molecule is SN1CCOC1. The van der Waals surface area contributed by atoms with Crippen LogP contribution in [-0.4, -0.2) is 24.2 Å². The van der Waals surface area contributed by atoms with Gasteiger partial charge in [-0.15, -0.1) is 0 Å². The van der Waals surface area contributed by atoms with E-state index < -0.39 is 0 Å². The van der Waals surface area contributed by atoms with Gasteiger partial charge >= 0.3 is 0 Å². The van der Waals surface area contributed by atoms with Gasteiger partial charge in [-0.25, -0.2) is 4.31 Å². The Morgan fingerprint density at radius 3 is 2.67 bits per heavy atom. The smallest absolute Gasteiger partial charge is 0.108 e. The highest BCUT2D eigenvalue weighted by molar-refractivity contribution is 7.77. The Balaban J connectivity index is 2.18. The molecule has 36 valence electrons. The summed E-state index contributed by atoms with van der Waals surface area (Å²) in [6.07, 6.45) is 0. The molecule has 3 heteroatoms. The molecule has 0 N–H and O–H groups in total. The van der Waals surface area contributed by atoms with Gasteiger partial charge in [0, 0.05) is 6.54 Å². The van der Waals surface area contributed by atoms with Gasteiger partial charge in [0.05, 0.1) is 6.61 Å². The van der Waals surface area contributed by atoms with Gasteiger partial charge in [0.1, 0.15) is 6.73 Å². The third-order valence-electron chi connectivity index (χ3n) is 0.734. The fraction of sp³-hybridized carbons (Fsp3) is 1.00. The Bertz CT molecular complexity index is 44.1. The van der Waals surface area contributed by atoms with Gasteiger partial charge in [-0.1, -0.05) is 12.8 Å². The second kappa shape index (κ2) is 1.82. The highest BCUT2D eigenvalue weighted by Crippen LogP contribution is 1.98. The first kappa shape index (κ1) is 4.43. The third kappa shape index (κ3) is 0.864. The average Bonchev–Trinajstić information content (AvgIpc) is 1.86. The first-order valence-corrected chi connectivity index (χ1v) is 2.31. The third-order valence-corrected chi connectivity index (χ3v) is 1.05. The van der Waals surface area contributed by atoms with E-state index >= 15 is 0 Å². The van der Waals surface area contributed by atoms with Crippen LogP contribution in [0.2, 0.25) is 0 Å². The summed E-state index contributed by atoms with van der Waals surface area (Å²) < 4.78 is 6.74. The van der Waals surface area contributed by atoms with Crippen LogP contribution in [0.4, 0.5) is 0 Å². The van der Waals surface area contributed by atoms with E-state index in [1.54, 1.807) is 0 Å². The van der Waals surface area contributed by atoms with E-state index in [1.807, 2.05) is 4.31 Å². The molecule has 0 unspecified atom stereocenters. The van der Waals surface area contributed by atoms with E-state index in [-0.39, 0.29) is 0 Å². The van der Waals surface area contributed by atoms with Crippen molar-refractivity contribution in [2.75, 3.05) is 19.9 Å². The molecule has 0 radical (unpaired) electrons. The molecule has 0 spiro atoms. The van der Waals surface area contributed by atoms with Crippen molar-refractivity contribution in [2.45, 2.75) is 0 Å². The maximum Gasteiger partial charge on any atom is 0.108 e. The lowest BCUT2D eigenvalue weighted by atomic mass is 10.7. The van der Waals surface area contributed by atoms with Crippen molar-refractivity contribution in [1.82, 2.24) is 4.31 Å². The Morgan fingerprint density at radius 1 is 1.67 bits per heavy atom. The van der Waals surface area contributed by atoms with E-state index in [9.17, 15) is 0 Å². The molecule has 1 saturated heterocycles. The number of ether oxygens (including phenoxy) is 1. The maximum absolute atomic E-state index is 4.91. The van der Waals surface area contributed by atoms with Crippen LogP contribution in [-0.2, 0) is 4.74 Å². The van der Waals surface area contributed by atoms with E-state index in [1.165, 1.54) is 0 Å². The molecular formula is C3H7NOS. The molecule has 2 nitrogen and oxygen atoms in total. The molecule has 0 bridgehead atoms. The van der Waals surface area contributed by atoms with Crippen molar-refractivity contribution < 1.29 is 4.74 Å². The minimum absolute atomic E-state index is 0.684. The first-order chi connectivity index (χ1) is 2.89. The fourth-order valence-electron chi connectivity index (χ4n) is 0.404. The minimum Gasteiger partial charge on any atom is -0.364 e. The molecule has 1 fully saturated rings. The summed E-state index contributed by atoms with van der Waals surface area (Å²) in [6.45, 7) is 2.48. The summed E-state index contributed by atoms with van der Waals surface area (Å²) >= 11 is 4.00. The molecular weight excluding hydrogens is 98.1 g/mol. The van der Waals surface area contributed by atoms with Crippen LogP contribution in [0.15, 0.2) is 0 Å². The largest absolute Gasteiger partial charge is 0.364 e. The van der Waals surface area contributed by atoms with Crippen LogP contribution in [0.3, 0.4) is 0 Å². The Morgan fingerprint density at radius 2 is 2.50 bits per heavy atom. The zero-order chi connectivity index (χ0) is 4.41. The van der Waals surface area contributed by atoms with Gasteiger partial charge in [0.15, 0.2) is 0 Å². The average molecular weight is 105 g/mol. The lowest BCUT2D eigenvalue weighted by Gasteiger charge is -1.96. The molecule has 0 saturated carbocycles. The summed E-state index contributed by atoms with van der Waals surface area (Å²) in [4.78, 5) is 0. The summed E-state index contributed by atoms with van der Waals surface area (Å²) in [7, 11) is 0. The Kier molecular flexibility index (Phi) is 1.34. The lowest BCUT2D eigenvalue weighted by Crippen LogP contribution is -2.04. The van der Waals surface area contributed by atoms with E-state index in [0.29, 0.717) is 6.73 Å². The lowest BCUT2D eigenvalue weighted by molar-refractivity contribution is 0.176. The van der Waals surface area contributed by atoms with E-state index in [0.717, 1.165) is 13.2 Å². The van der Waals surface area contributed by atoms with Crippen LogP contribution in [0.25, 0.3) is 0 Å². The van der Waals surface area contributed by atoms with Gasteiger partial charge in [-0.05, 0) is 0 Å². The monoisotopic (exact) mass is 105 g/mol. The fourth-order valence-corrected chi connectivity index (χ4v) is 0.568. The molecule has 0 atom stereocenters. The summed E-state index contributed by atoms with van der Waals surface area (Å²) in [6, 6.07) is 0. The molecule has 1 aliphatic rings. The van der Waals surface area contributed by atoms with Crippen LogP contribution < -0.4 is 0 Å². The number of rotatable bonds is 0. The molecule has 0 amide bonds. The second-order valence-electron chi connectivity index (χ2n) is 1.27. The first-order valence-electron chi connectivity index (χ1n) is 1.91. The molecule has 0 aromatic rings. The summed E-state index contributed by atoms with van der Waals surface area (Å²) in [5.41, 5.74) is 0. The number of hydrogen-bond acceptors (Lipinski definition) is 3. The van der Waals surface area contributed by atoms with Crippen LogP contribution in [0.1, 0.15) is 0 Å². The number of thiol groups is 1. The van der Waals surface area contributed by atoms with E-state index in [4.69, 9.17) is 4.74 Å². The zero-order valence-corrected chi connectivity index (χ0v) is 4.32. The van der Waals surface area contributed by atoms with Gasteiger partial charge < -0.3 is 4.74 Å².